The molecule has 0 amide bonds. The quantitative estimate of drug-likeness (QED) is 0.226. The number of esters is 2. The van der Waals surface area contributed by atoms with Gasteiger partial charge in [0, 0.05) is 29.7 Å². The van der Waals surface area contributed by atoms with Gasteiger partial charge in [0.1, 0.15) is 11.3 Å². The van der Waals surface area contributed by atoms with Crippen LogP contribution >= 0.6 is 0 Å². The number of hydrogen-bond donors (Lipinski definition) is 0. The number of carbonyl (C=O) groups is 2. The molecule has 0 aliphatic heterocycles. The monoisotopic (exact) mass is 369 g/mol. The maximum Gasteiger partial charge on any atom is 0.343 e. The first-order chi connectivity index (χ1) is 12.9. The van der Waals surface area contributed by atoms with Gasteiger partial charge in [0.05, 0.1) is 23.2 Å². The number of nitrogens with zero attached hydrogens (tertiary/aromatic N) is 1. The minimum absolute atomic E-state index is 0.0629. The summed E-state index contributed by atoms with van der Waals surface area (Å²) in [5.74, 6) is -1.70. The normalized spacial score (nSPS) is 10.4. The average molecular weight is 369 g/mol. The molecule has 0 N–H and O–H groups in total. The Morgan fingerprint density at radius 1 is 1.00 bits per heavy atom. The highest BCUT2D eigenvalue weighted by atomic mass is 16.6. The van der Waals surface area contributed by atoms with E-state index in [-0.39, 0.29) is 22.5 Å². The molecule has 0 aliphatic carbocycles. The summed E-state index contributed by atoms with van der Waals surface area (Å²) >= 11 is 0. The van der Waals surface area contributed by atoms with Crippen molar-refractivity contribution < 1.29 is 28.4 Å². The predicted molar refractivity (Wildman–Crippen MR) is 91.9 cm³/mol. The fourth-order valence-corrected chi connectivity index (χ4v) is 2.34. The van der Waals surface area contributed by atoms with Gasteiger partial charge in [0.2, 0.25) is 0 Å². The van der Waals surface area contributed by atoms with Gasteiger partial charge < -0.3 is 13.9 Å². The summed E-state index contributed by atoms with van der Waals surface area (Å²) in [7, 11) is 1.11. The van der Waals surface area contributed by atoms with Gasteiger partial charge in [0.25, 0.3) is 5.69 Å². The molecular formula is C18H11NO8. The number of methoxy groups -OCH3 is 1. The average Bonchev–Trinajstić information content (AvgIpc) is 2.66. The lowest BCUT2D eigenvalue weighted by atomic mass is 10.1. The highest BCUT2D eigenvalue weighted by molar-refractivity contribution is 5.97. The zero-order chi connectivity index (χ0) is 19.6. The van der Waals surface area contributed by atoms with Crippen molar-refractivity contribution in [3.8, 4) is 5.75 Å². The first-order valence-corrected chi connectivity index (χ1v) is 7.51. The number of non-ortho nitro benzene ring substituents is 1. The van der Waals surface area contributed by atoms with Crippen LogP contribution in [0.15, 0.2) is 57.7 Å². The molecule has 9 heteroatoms. The number of hydrogen-bond acceptors (Lipinski definition) is 8. The van der Waals surface area contributed by atoms with Crippen LogP contribution in [-0.4, -0.2) is 24.0 Å². The van der Waals surface area contributed by atoms with Crippen LogP contribution in [0.5, 0.6) is 5.75 Å². The minimum Gasteiger partial charge on any atom is -0.465 e. The van der Waals surface area contributed by atoms with E-state index in [1.165, 1.54) is 18.2 Å². The van der Waals surface area contributed by atoms with Gasteiger partial charge in [0.15, 0.2) is 0 Å². The van der Waals surface area contributed by atoms with E-state index in [2.05, 4.69) is 4.74 Å². The zero-order valence-electron chi connectivity index (χ0n) is 13.8. The van der Waals surface area contributed by atoms with E-state index in [0.717, 1.165) is 25.3 Å². The number of fused-ring (bicyclic) bond motifs is 1. The number of ether oxygens (including phenoxy) is 2. The summed E-state index contributed by atoms with van der Waals surface area (Å²) in [6.45, 7) is 0. The van der Waals surface area contributed by atoms with Gasteiger partial charge in [-0.05, 0) is 24.3 Å². The molecule has 0 radical (unpaired) electrons. The lowest BCUT2D eigenvalue weighted by molar-refractivity contribution is -0.384. The van der Waals surface area contributed by atoms with Gasteiger partial charge >= 0.3 is 17.6 Å². The van der Waals surface area contributed by atoms with Crippen molar-refractivity contribution in [1.29, 1.82) is 0 Å². The van der Waals surface area contributed by atoms with Crippen molar-refractivity contribution in [1.82, 2.24) is 0 Å². The van der Waals surface area contributed by atoms with Crippen molar-refractivity contribution in [3.63, 3.8) is 0 Å². The van der Waals surface area contributed by atoms with Gasteiger partial charge in [-0.2, -0.15) is 0 Å². The second kappa shape index (κ2) is 7.08. The van der Waals surface area contributed by atoms with Crippen LogP contribution < -0.4 is 10.4 Å². The Kier molecular flexibility index (Phi) is 4.67. The lowest BCUT2D eigenvalue weighted by Crippen LogP contribution is -2.11. The fourth-order valence-electron chi connectivity index (χ4n) is 2.34. The molecule has 136 valence electrons. The van der Waals surface area contributed by atoms with E-state index in [1.807, 2.05) is 0 Å². The van der Waals surface area contributed by atoms with Gasteiger partial charge in [-0.1, -0.05) is 0 Å². The number of nitro groups is 1. The third kappa shape index (κ3) is 3.82. The standard InChI is InChI=1S/C18H11NO8/c1-25-17(21)11-6-12(8-13(7-11)19(23)24)18(22)26-14-4-2-10-3-5-16(20)27-15(10)9-14/h2-9H,1H3. The summed E-state index contributed by atoms with van der Waals surface area (Å²) in [5, 5.41) is 11.7. The Labute approximate surface area is 150 Å². The summed E-state index contributed by atoms with van der Waals surface area (Å²) in [5.41, 5.74) is -1.19. The molecule has 0 saturated carbocycles. The van der Waals surface area contributed by atoms with E-state index in [9.17, 15) is 24.5 Å². The highest BCUT2D eigenvalue weighted by Crippen LogP contribution is 2.23. The molecule has 0 atom stereocenters. The topological polar surface area (TPSA) is 126 Å². The summed E-state index contributed by atoms with van der Waals surface area (Å²) < 4.78 is 14.7. The minimum atomic E-state index is -0.929. The second-order valence-corrected chi connectivity index (χ2v) is 5.36. The molecule has 0 fully saturated rings. The van der Waals surface area contributed by atoms with Crippen molar-refractivity contribution in [2.45, 2.75) is 0 Å². The van der Waals surface area contributed by atoms with Crippen LogP contribution in [0.1, 0.15) is 20.7 Å². The van der Waals surface area contributed by atoms with Crippen LogP contribution in [0, 0.1) is 10.1 Å². The molecule has 27 heavy (non-hydrogen) atoms. The molecule has 3 aromatic rings. The van der Waals surface area contributed by atoms with Crippen LogP contribution in [-0.2, 0) is 4.74 Å². The van der Waals surface area contributed by atoms with E-state index in [4.69, 9.17) is 9.15 Å². The maximum absolute atomic E-state index is 12.4. The summed E-state index contributed by atoms with van der Waals surface area (Å²) in [6.07, 6.45) is 0. The molecule has 0 bridgehead atoms. The SMILES string of the molecule is COC(=O)c1cc(C(=O)Oc2ccc3ccc(=O)oc3c2)cc([N+](=O)[O-])c1. The molecule has 0 spiro atoms. The molecule has 1 aromatic heterocycles. The van der Waals surface area contributed by atoms with Crippen LogP contribution in [0.4, 0.5) is 5.69 Å². The largest absolute Gasteiger partial charge is 0.465 e. The van der Waals surface area contributed by atoms with Crippen molar-refractivity contribution in [2.75, 3.05) is 7.11 Å². The van der Waals surface area contributed by atoms with Crippen LogP contribution in [0.25, 0.3) is 11.0 Å². The highest BCUT2D eigenvalue weighted by Gasteiger charge is 2.19. The van der Waals surface area contributed by atoms with E-state index in [0.29, 0.717) is 5.39 Å². The first kappa shape index (κ1) is 17.8. The molecule has 3 rings (SSSR count). The maximum atomic E-state index is 12.4. The molecule has 0 unspecified atom stereocenters. The third-order valence-corrected chi connectivity index (χ3v) is 3.59. The Hall–Kier alpha value is -4.01. The van der Waals surface area contributed by atoms with Gasteiger partial charge in [-0.3, -0.25) is 10.1 Å². The van der Waals surface area contributed by atoms with Crippen molar-refractivity contribution >= 4 is 28.6 Å². The smallest absolute Gasteiger partial charge is 0.343 e. The first-order valence-electron chi connectivity index (χ1n) is 7.51. The van der Waals surface area contributed by atoms with E-state index >= 15 is 0 Å². The van der Waals surface area contributed by atoms with Crippen molar-refractivity contribution in [2.24, 2.45) is 0 Å². The number of nitro benzene ring substituents is 1. The summed E-state index contributed by atoms with van der Waals surface area (Å²) in [6, 6.07) is 10.3. The molecule has 0 saturated heterocycles. The van der Waals surface area contributed by atoms with E-state index in [1.54, 1.807) is 12.1 Å². The molecule has 2 aromatic carbocycles. The Balaban J connectivity index is 1.95. The Bertz CT molecular complexity index is 1130. The van der Waals surface area contributed by atoms with Crippen molar-refractivity contribution in [3.05, 3.63) is 80.2 Å². The molecule has 1 heterocycles. The Morgan fingerprint density at radius 2 is 1.67 bits per heavy atom. The number of benzene rings is 2. The van der Waals surface area contributed by atoms with Crippen LogP contribution in [0.2, 0.25) is 0 Å². The van der Waals surface area contributed by atoms with Crippen LogP contribution in [0.3, 0.4) is 0 Å². The predicted octanol–water partition coefficient (Wildman–Crippen LogP) is 2.71. The Morgan fingerprint density at radius 3 is 2.33 bits per heavy atom. The van der Waals surface area contributed by atoms with Gasteiger partial charge in [-0.15, -0.1) is 0 Å². The third-order valence-electron chi connectivity index (χ3n) is 3.59. The zero-order valence-corrected chi connectivity index (χ0v) is 13.8. The molecular weight excluding hydrogens is 358 g/mol. The molecule has 0 aliphatic rings. The number of carbonyl (C=O) groups excluding carboxylic acids is 2. The number of rotatable bonds is 4. The lowest BCUT2D eigenvalue weighted by Gasteiger charge is -2.07. The molecule has 9 nitrogen and oxygen atoms in total. The summed E-state index contributed by atoms with van der Waals surface area (Å²) in [4.78, 5) is 45.6. The fraction of sp³-hybridized carbons (Fsp3) is 0.0556. The van der Waals surface area contributed by atoms with E-state index < -0.39 is 28.2 Å². The second-order valence-electron chi connectivity index (χ2n) is 5.36. The van der Waals surface area contributed by atoms with Gasteiger partial charge in [-0.25, -0.2) is 14.4 Å².